The first-order chi connectivity index (χ1) is 13.4. The molecule has 0 bridgehead atoms. The number of carboxylic acid groups (broad SMARTS) is 1. The van der Waals surface area contributed by atoms with Crippen molar-refractivity contribution in [1.82, 2.24) is 0 Å². The number of nitrogens with zero attached hydrogens (tertiary/aromatic N) is 1. The quantitative estimate of drug-likeness (QED) is 0.537. The number of rotatable bonds is 6. The Morgan fingerprint density at radius 3 is 1.18 bits per heavy atom. The van der Waals surface area contributed by atoms with Gasteiger partial charge in [0.05, 0.1) is 0 Å². The fraction of sp³-hybridized carbons (Fsp3) is 0.240. The summed E-state index contributed by atoms with van der Waals surface area (Å²) in [5, 5.41) is 10.5. The summed E-state index contributed by atoms with van der Waals surface area (Å²) in [6.07, 6.45) is -0.797. The van der Waals surface area contributed by atoms with Crippen LogP contribution < -0.4 is 0 Å². The summed E-state index contributed by atoms with van der Waals surface area (Å²) in [4.78, 5) is 12.7. The monoisotopic (exact) mass is 374 g/mol. The first-order valence-electron chi connectivity index (χ1n) is 9.64. The Labute approximate surface area is 167 Å². The maximum Gasteiger partial charge on any atom is 0.514 e. The molecule has 0 aromatic heterocycles. The molecule has 3 nitrogen and oxygen atoms in total. The van der Waals surface area contributed by atoms with Gasteiger partial charge in [0.15, 0.2) is 0 Å². The highest BCUT2D eigenvalue weighted by molar-refractivity contribution is 5.57. The van der Waals surface area contributed by atoms with Crippen LogP contribution in [0.2, 0.25) is 0 Å². The largest absolute Gasteiger partial charge is 0.514 e. The lowest BCUT2D eigenvalue weighted by molar-refractivity contribution is -0.897. The lowest BCUT2D eigenvalue weighted by Gasteiger charge is -2.34. The van der Waals surface area contributed by atoms with Gasteiger partial charge < -0.3 is 5.11 Å². The van der Waals surface area contributed by atoms with Gasteiger partial charge in [-0.3, -0.25) is 0 Å². The van der Waals surface area contributed by atoms with E-state index in [1.807, 2.05) is 93.6 Å². The average molecular weight is 375 g/mol. The van der Waals surface area contributed by atoms with Crippen molar-refractivity contribution < 1.29 is 14.4 Å². The molecule has 28 heavy (non-hydrogen) atoms. The Balaban J connectivity index is 2.09. The summed E-state index contributed by atoms with van der Waals surface area (Å²) in [7, 11) is 0. The van der Waals surface area contributed by atoms with Crippen molar-refractivity contribution in [2.24, 2.45) is 0 Å². The van der Waals surface area contributed by atoms with Gasteiger partial charge in [-0.25, -0.2) is 4.48 Å². The summed E-state index contributed by atoms with van der Waals surface area (Å²) < 4.78 is -0.0550. The van der Waals surface area contributed by atoms with Crippen LogP contribution in [-0.2, 0) is 19.6 Å². The van der Waals surface area contributed by atoms with Gasteiger partial charge in [-0.1, -0.05) is 72.8 Å². The van der Waals surface area contributed by atoms with Crippen LogP contribution in [0.4, 0.5) is 4.79 Å². The first kappa shape index (κ1) is 19.8. The molecule has 3 aromatic carbocycles. The maximum atomic E-state index is 12.7. The van der Waals surface area contributed by atoms with Gasteiger partial charge >= 0.3 is 6.09 Å². The van der Waals surface area contributed by atoms with Crippen LogP contribution in [0.3, 0.4) is 0 Å². The van der Waals surface area contributed by atoms with Crippen molar-refractivity contribution >= 4 is 6.09 Å². The van der Waals surface area contributed by atoms with Crippen LogP contribution in [0.1, 0.15) is 33.4 Å². The molecule has 3 aromatic rings. The number of aryl methyl sites for hydroxylation is 3. The fourth-order valence-corrected chi connectivity index (χ4v) is 3.71. The topological polar surface area (TPSA) is 37.3 Å². The molecule has 0 atom stereocenters. The molecule has 1 N–H and O–H groups in total. The van der Waals surface area contributed by atoms with Gasteiger partial charge in [0.25, 0.3) is 0 Å². The van der Waals surface area contributed by atoms with E-state index in [4.69, 9.17) is 0 Å². The van der Waals surface area contributed by atoms with Gasteiger partial charge in [-0.2, -0.15) is 4.79 Å². The minimum absolute atomic E-state index is 0.0550. The van der Waals surface area contributed by atoms with E-state index in [1.54, 1.807) is 0 Å². The molecule has 3 heteroatoms. The first-order valence-corrected chi connectivity index (χ1v) is 9.64. The van der Waals surface area contributed by atoms with Crippen LogP contribution in [0, 0.1) is 20.8 Å². The zero-order valence-corrected chi connectivity index (χ0v) is 16.9. The number of benzene rings is 3. The minimum atomic E-state index is -0.797. The van der Waals surface area contributed by atoms with Crippen LogP contribution in [0.5, 0.6) is 0 Å². The highest BCUT2D eigenvalue weighted by Crippen LogP contribution is 2.28. The summed E-state index contributed by atoms with van der Waals surface area (Å²) in [6, 6.07) is 24.2. The summed E-state index contributed by atoms with van der Waals surface area (Å²) in [5.41, 5.74) is 6.61. The predicted molar refractivity (Wildman–Crippen MR) is 113 cm³/mol. The Hall–Kier alpha value is -2.91. The van der Waals surface area contributed by atoms with E-state index in [2.05, 4.69) is 0 Å². The molecule has 0 heterocycles. The molecule has 0 aliphatic carbocycles. The molecular weight excluding hydrogens is 346 g/mol. The Morgan fingerprint density at radius 1 is 0.643 bits per heavy atom. The molecule has 0 aliphatic rings. The Morgan fingerprint density at radius 2 is 0.929 bits per heavy atom. The summed E-state index contributed by atoms with van der Waals surface area (Å²) in [5.74, 6) is 0. The van der Waals surface area contributed by atoms with Crippen molar-refractivity contribution in [3.63, 3.8) is 0 Å². The van der Waals surface area contributed by atoms with E-state index in [0.717, 1.165) is 33.4 Å². The van der Waals surface area contributed by atoms with E-state index in [0.29, 0.717) is 19.6 Å². The lowest BCUT2D eigenvalue weighted by Crippen LogP contribution is -2.50. The smallest absolute Gasteiger partial charge is 0.435 e. The van der Waals surface area contributed by atoms with Crippen LogP contribution in [0.25, 0.3) is 0 Å². The maximum absolute atomic E-state index is 12.7. The average Bonchev–Trinajstić information content (AvgIpc) is 2.67. The van der Waals surface area contributed by atoms with Gasteiger partial charge in [-0.15, -0.1) is 0 Å². The second kappa shape index (κ2) is 8.41. The molecule has 0 saturated carbocycles. The second-order valence-electron chi connectivity index (χ2n) is 7.68. The second-order valence-corrected chi connectivity index (χ2v) is 7.68. The van der Waals surface area contributed by atoms with Crippen LogP contribution in [-0.4, -0.2) is 15.7 Å². The van der Waals surface area contributed by atoms with Crippen molar-refractivity contribution in [2.45, 2.75) is 40.4 Å². The molecule has 3 rings (SSSR count). The zero-order valence-electron chi connectivity index (χ0n) is 16.9. The van der Waals surface area contributed by atoms with E-state index < -0.39 is 6.09 Å². The molecule has 0 fully saturated rings. The molecule has 144 valence electrons. The highest BCUT2D eigenvalue weighted by atomic mass is 16.4. The molecule has 1 amide bonds. The van der Waals surface area contributed by atoms with Gasteiger partial charge in [0.1, 0.15) is 19.6 Å². The Kier molecular flexibility index (Phi) is 5.96. The molecule has 0 aliphatic heterocycles. The number of carbonyl (C=O) groups is 1. The Bertz CT molecular complexity index is 862. The normalized spacial score (nSPS) is 11.4. The standard InChI is InChI=1S/C25H27NO2/c1-19-10-4-7-13-22(19)16-26(25(27)28,17-23-14-8-5-11-20(23)2)18-24-15-9-6-12-21(24)3/h4-15H,16-18H2,1-3H3/p+1. The molecular formula is C25H28NO2+. The lowest BCUT2D eigenvalue weighted by atomic mass is 10.0. The van der Waals surface area contributed by atoms with E-state index in [1.165, 1.54) is 0 Å². The number of hydrogen-bond acceptors (Lipinski definition) is 1. The molecule has 0 saturated heterocycles. The van der Waals surface area contributed by atoms with Gasteiger partial charge in [-0.05, 0) is 37.5 Å². The molecule has 0 spiro atoms. The van der Waals surface area contributed by atoms with Crippen molar-refractivity contribution in [3.05, 3.63) is 106 Å². The number of amides is 1. The van der Waals surface area contributed by atoms with E-state index in [-0.39, 0.29) is 4.48 Å². The predicted octanol–water partition coefficient (Wildman–Crippen LogP) is 6.01. The number of hydrogen-bond donors (Lipinski definition) is 1. The number of quaternary nitrogens is 1. The summed E-state index contributed by atoms with van der Waals surface area (Å²) in [6.45, 7) is 7.49. The summed E-state index contributed by atoms with van der Waals surface area (Å²) >= 11 is 0. The third kappa shape index (κ3) is 4.32. The third-order valence-electron chi connectivity index (χ3n) is 5.61. The van der Waals surface area contributed by atoms with Crippen LogP contribution >= 0.6 is 0 Å². The molecule has 0 unspecified atom stereocenters. The third-order valence-corrected chi connectivity index (χ3v) is 5.61. The highest BCUT2D eigenvalue weighted by Gasteiger charge is 2.38. The minimum Gasteiger partial charge on any atom is -0.435 e. The van der Waals surface area contributed by atoms with Gasteiger partial charge in [0, 0.05) is 16.7 Å². The van der Waals surface area contributed by atoms with Crippen molar-refractivity contribution in [1.29, 1.82) is 0 Å². The molecule has 0 radical (unpaired) electrons. The van der Waals surface area contributed by atoms with Crippen LogP contribution in [0.15, 0.2) is 72.8 Å². The van der Waals surface area contributed by atoms with E-state index in [9.17, 15) is 9.90 Å². The van der Waals surface area contributed by atoms with E-state index >= 15 is 0 Å². The van der Waals surface area contributed by atoms with Crippen molar-refractivity contribution in [3.8, 4) is 0 Å². The van der Waals surface area contributed by atoms with Crippen molar-refractivity contribution in [2.75, 3.05) is 0 Å². The fourth-order valence-electron chi connectivity index (χ4n) is 3.71. The van der Waals surface area contributed by atoms with Gasteiger partial charge in [0.2, 0.25) is 0 Å². The zero-order chi connectivity index (χ0) is 20.1. The SMILES string of the molecule is Cc1ccccc1C[N+](Cc1ccccc1C)(Cc1ccccc1C)C(=O)O.